The Morgan fingerprint density at radius 1 is 1.00 bits per heavy atom. The molecule has 0 unspecified atom stereocenters. The molecule has 0 fully saturated rings. The quantitative estimate of drug-likeness (QED) is 0.648. The lowest BCUT2D eigenvalue weighted by atomic mass is 9.84. The molecule has 0 atom stereocenters. The van der Waals surface area contributed by atoms with Crippen molar-refractivity contribution in [2.75, 3.05) is 0 Å². The van der Waals surface area contributed by atoms with E-state index in [0.29, 0.717) is 0 Å². The third-order valence-corrected chi connectivity index (χ3v) is 3.26. The van der Waals surface area contributed by atoms with Gasteiger partial charge in [0.1, 0.15) is 0 Å². The Kier molecular flexibility index (Phi) is 2.68. The highest BCUT2D eigenvalue weighted by molar-refractivity contribution is 5.62. The highest BCUT2D eigenvalue weighted by atomic mass is 14.8. The molecule has 1 aliphatic carbocycles. The minimum Gasteiger partial charge on any atom is -0.256 e. The van der Waals surface area contributed by atoms with Gasteiger partial charge in [-0.3, -0.25) is 4.98 Å². The second kappa shape index (κ2) is 3.69. The summed E-state index contributed by atoms with van der Waals surface area (Å²) in [6.07, 6.45) is 5.52. The zero-order valence-corrected chi connectivity index (χ0v) is 11.9. The third-order valence-electron chi connectivity index (χ3n) is 3.26. The van der Waals surface area contributed by atoms with Crippen LogP contribution in [-0.2, 0) is 17.3 Å². The maximum atomic E-state index is 4.95. The van der Waals surface area contributed by atoms with E-state index >= 15 is 0 Å². The topological polar surface area (TPSA) is 12.9 Å². The molecule has 0 N–H and O–H groups in total. The van der Waals surface area contributed by atoms with Crippen LogP contribution in [-0.4, -0.2) is 4.98 Å². The molecular weight excluding hydrogens is 206 g/mol. The Morgan fingerprint density at radius 3 is 2.18 bits per heavy atom. The third kappa shape index (κ3) is 2.29. The van der Waals surface area contributed by atoms with Crippen molar-refractivity contribution in [1.29, 1.82) is 0 Å². The zero-order chi connectivity index (χ0) is 12.8. The lowest BCUT2D eigenvalue weighted by Crippen LogP contribution is -2.22. The molecule has 0 bridgehead atoms. The van der Waals surface area contributed by atoms with Gasteiger partial charge in [-0.25, -0.2) is 0 Å². The zero-order valence-electron chi connectivity index (χ0n) is 11.9. The molecule has 2 rings (SSSR count). The normalized spacial score (nSPS) is 15.2. The van der Waals surface area contributed by atoms with E-state index in [9.17, 15) is 0 Å². The van der Waals surface area contributed by atoms with Crippen LogP contribution in [0.25, 0.3) is 6.08 Å². The van der Waals surface area contributed by atoms with Crippen LogP contribution in [0, 0.1) is 0 Å². The molecule has 1 heteroatoms. The van der Waals surface area contributed by atoms with Crippen LogP contribution in [0.3, 0.4) is 0 Å². The van der Waals surface area contributed by atoms with E-state index in [1.807, 2.05) is 0 Å². The first-order chi connectivity index (χ1) is 7.69. The summed E-state index contributed by atoms with van der Waals surface area (Å²) in [6, 6.07) is 2.26. The molecule has 0 aromatic carbocycles. The Morgan fingerprint density at radius 2 is 1.65 bits per heavy atom. The van der Waals surface area contributed by atoms with Gasteiger partial charge in [0.25, 0.3) is 0 Å². The molecule has 1 heterocycles. The second-order valence-corrected chi connectivity index (χ2v) is 7.03. The summed E-state index contributed by atoms with van der Waals surface area (Å²) in [4.78, 5) is 4.95. The van der Waals surface area contributed by atoms with Crippen molar-refractivity contribution in [3.05, 3.63) is 34.7 Å². The second-order valence-electron chi connectivity index (χ2n) is 7.03. The summed E-state index contributed by atoms with van der Waals surface area (Å²) in [6.45, 7) is 13.4. The Bertz CT molecular complexity index is 468. The Balaban J connectivity index is 2.65. The number of aromatic nitrogens is 1. The van der Waals surface area contributed by atoms with E-state index < -0.39 is 0 Å². The molecule has 0 amide bonds. The molecule has 0 aliphatic heterocycles. The average molecular weight is 229 g/mol. The first-order valence-corrected chi connectivity index (χ1v) is 6.41. The van der Waals surface area contributed by atoms with Gasteiger partial charge in [0.05, 0.1) is 5.69 Å². The van der Waals surface area contributed by atoms with Crippen molar-refractivity contribution in [3.8, 4) is 0 Å². The van der Waals surface area contributed by atoms with Gasteiger partial charge < -0.3 is 0 Å². The van der Waals surface area contributed by atoms with Crippen LogP contribution < -0.4 is 0 Å². The summed E-state index contributed by atoms with van der Waals surface area (Å²) in [7, 11) is 0. The average Bonchev–Trinajstić information content (AvgIpc) is 2.59. The molecule has 0 radical (unpaired) electrons. The minimum absolute atomic E-state index is 0.117. The predicted molar refractivity (Wildman–Crippen MR) is 74.4 cm³/mol. The number of rotatable bonds is 0. The molecule has 0 saturated carbocycles. The van der Waals surface area contributed by atoms with Crippen molar-refractivity contribution >= 4 is 6.08 Å². The summed E-state index contributed by atoms with van der Waals surface area (Å²) in [5.74, 6) is 0. The number of hydrogen-bond acceptors (Lipinski definition) is 1. The van der Waals surface area contributed by atoms with Crippen LogP contribution in [0.2, 0.25) is 0 Å². The van der Waals surface area contributed by atoms with Gasteiger partial charge >= 0.3 is 0 Å². The fourth-order valence-corrected chi connectivity index (χ4v) is 2.26. The van der Waals surface area contributed by atoms with E-state index in [0.717, 1.165) is 6.42 Å². The Labute approximate surface area is 105 Å². The van der Waals surface area contributed by atoms with Gasteiger partial charge in [0, 0.05) is 16.5 Å². The number of nitrogens with zero attached hydrogens (tertiary/aromatic N) is 1. The fraction of sp³-hybridized carbons (Fsp3) is 0.562. The van der Waals surface area contributed by atoms with Gasteiger partial charge in [0.2, 0.25) is 0 Å². The van der Waals surface area contributed by atoms with Gasteiger partial charge in [-0.05, 0) is 23.6 Å². The van der Waals surface area contributed by atoms with Gasteiger partial charge in [-0.1, -0.05) is 53.7 Å². The van der Waals surface area contributed by atoms with Crippen molar-refractivity contribution < 1.29 is 0 Å². The first kappa shape index (κ1) is 12.3. The van der Waals surface area contributed by atoms with Crippen LogP contribution >= 0.6 is 0 Å². The van der Waals surface area contributed by atoms with Crippen LogP contribution in [0.4, 0.5) is 0 Å². The lowest BCUT2D eigenvalue weighted by molar-refractivity contribution is 0.527. The summed E-state index contributed by atoms with van der Waals surface area (Å²) >= 11 is 0. The molecular formula is C16H23N. The smallest absolute Gasteiger partial charge is 0.0501 e. The molecule has 17 heavy (non-hydrogen) atoms. The summed E-state index contributed by atoms with van der Waals surface area (Å²) in [5.41, 5.74) is 5.50. The highest BCUT2D eigenvalue weighted by Crippen LogP contribution is 2.34. The van der Waals surface area contributed by atoms with E-state index in [-0.39, 0.29) is 10.8 Å². The van der Waals surface area contributed by atoms with Crippen molar-refractivity contribution in [2.24, 2.45) is 0 Å². The summed E-state index contributed by atoms with van der Waals surface area (Å²) in [5, 5.41) is 0. The molecule has 1 nitrogen and oxygen atoms in total. The van der Waals surface area contributed by atoms with Crippen molar-refractivity contribution in [2.45, 2.75) is 58.8 Å². The maximum absolute atomic E-state index is 4.95. The van der Waals surface area contributed by atoms with Gasteiger partial charge in [0.15, 0.2) is 0 Å². The van der Waals surface area contributed by atoms with Crippen molar-refractivity contribution in [3.63, 3.8) is 0 Å². The van der Waals surface area contributed by atoms with Crippen LogP contribution in [0.5, 0.6) is 0 Å². The minimum atomic E-state index is 0.117. The van der Waals surface area contributed by atoms with E-state index in [4.69, 9.17) is 4.98 Å². The van der Waals surface area contributed by atoms with Crippen LogP contribution in [0.15, 0.2) is 12.1 Å². The van der Waals surface area contributed by atoms with Crippen LogP contribution in [0.1, 0.15) is 64.1 Å². The maximum Gasteiger partial charge on any atom is 0.0501 e. The molecule has 1 aliphatic rings. The SMILES string of the molecule is CC(C)(C)c1cc2c(c(C(C)(C)C)n1)CC=C2. The molecule has 1 aromatic rings. The lowest BCUT2D eigenvalue weighted by Gasteiger charge is -2.26. The summed E-state index contributed by atoms with van der Waals surface area (Å²) < 4.78 is 0. The van der Waals surface area contributed by atoms with E-state index in [1.54, 1.807) is 0 Å². The number of hydrogen-bond donors (Lipinski definition) is 0. The monoisotopic (exact) mass is 229 g/mol. The van der Waals surface area contributed by atoms with Gasteiger partial charge in [-0.2, -0.15) is 0 Å². The highest BCUT2D eigenvalue weighted by Gasteiger charge is 2.26. The number of allylic oxidation sites excluding steroid dienone is 1. The van der Waals surface area contributed by atoms with E-state index in [2.05, 4.69) is 59.8 Å². The number of pyridine rings is 1. The fourth-order valence-electron chi connectivity index (χ4n) is 2.26. The predicted octanol–water partition coefficient (Wildman–Crippen LogP) is 4.25. The molecule has 92 valence electrons. The molecule has 0 spiro atoms. The Hall–Kier alpha value is -1.11. The number of fused-ring (bicyclic) bond motifs is 1. The van der Waals surface area contributed by atoms with Gasteiger partial charge in [-0.15, -0.1) is 0 Å². The largest absolute Gasteiger partial charge is 0.256 e. The van der Waals surface area contributed by atoms with E-state index in [1.165, 1.54) is 22.5 Å². The molecule has 1 aromatic heterocycles. The standard InChI is InChI=1S/C16H23N/c1-15(2,3)13-10-11-8-7-9-12(11)14(17-13)16(4,5)6/h7-8,10H,9H2,1-6H3. The first-order valence-electron chi connectivity index (χ1n) is 6.41. The molecule has 0 saturated heterocycles. The van der Waals surface area contributed by atoms with Crippen molar-refractivity contribution in [1.82, 2.24) is 4.98 Å².